The fourth-order valence-electron chi connectivity index (χ4n) is 2.52. The molecule has 0 aliphatic carbocycles. The third kappa shape index (κ3) is 2.46. The van der Waals surface area contributed by atoms with Crippen LogP contribution in [0, 0.1) is 10.1 Å². The van der Waals surface area contributed by atoms with E-state index in [1.807, 2.05) is 26.1 Å². The van der Waals surface area contributed by atoms with Crippen LogP contribution in [0.25, 0.3) is 10.2 Å². The van der Waals surface area contributed by atoms with Gasteiger partial charge in [-0.1, -0.05) is 19.9 Å². The SMILES string of the molecule is CCC(NC)C(C)c1ccc2scnc2c1[N+](=O)[O-]. The molecule has 2 aromatic rings. The van der Waals surface area contributed by atoms with E-state index in [2.05, 4.69) is 17.2 Å². The maximum Gasteiger partial charge on any atom is 0.299 e. The third-order valence-electron chi connectivity index (χ3n) is 3.59. The van der Waals surface area contributed by atoms with E-state index >= 15 is 0 Å². The van der Waals surface area contributed by atoms with E-state index in [9.17, 15) is 10.1 Å². The topological polar surface area (TPSA) is 68.1 Å². The maximum absolute atomic E-state index is 11.4. The Morgan fingerprint density at radius 3 is 2.84 bits per heavy atom. The Bertz CT molecular complexity index is 593. The fraction of sp³-hybridized carbons (Fsp3) is 0.462. The van der Waals surface area contributed by atoms with E-state index < -0.39 is 0 Å². The predicted molar refractivity (Wildman–Crippen MR) is 77.8 cm³/mol. The molecule has 1 aromatic heterocycles. The summed E-state index contributed by atoms with van der Waals surface area (Å²) < 4.78 is 0.861. The van der Waals surface area contributed by atoms with Crippen LogP contribution < -0.4 is 5.32 Å². The highest BCUT2D eigenvalue weighted by Gasteiger charge is 2.27. The lowest BCUT2D eigenvalue weighted by Crippen LogP contribution is -2.30. The van der Waals surface area contributed by atoms with Crippen molar-refractivity contribution in [3.05, 3.63) is 33.3 Å². The van der Waals surface area contributed by atoms with Crippen LogP contribution in [-0.2, 0) is 0 Å². The number of benzene rings is 1. The molecule has 0 aliphatic heterocycles. The number of nitro groups is 1. The van der Waals surface area contributed by atoms with Gasteiger partial charge in [-0.05, 0) is 19.5 Å². The van der Waals surface area contributed by atoms with Crippen molar-refractivity contribution in [2.45, 2.75) is 32.2 Å². The number of hydrogen-bond donors (Lipinski definition) is 1. The molecule has 0 fully saturated rings. The van der Waals surface area contributed by atoms with Crippen molar-refractivity contribution in [3.63, 3.8) is 0 Å². The maximum atomic E-state index is 11.4. The standard InChI is InChI=1S/C13H17N3O2S/c1-4-10(14-3)8(2)9-5-6-11-12(15-7-19-11)13(9)16(17)18/h5-8,10,14H,4H2,1-3H3. The number of nitrogens with zero attached hydrogens (tertiary/aromatic N) is 2. The molecule has 6 heteroatoms. The second-order valence-corrected chi connectivity index (χ2v) is 5.44. The zero-order chi connectivity index (χ0) is 14.0. The first-order chi connectivity index (χ1) is 9.10. The lowest BCUT2D eigenvalue weighted by molar-refractivity contribution is -0.384. The van der Waals surface area contributed by atoms with Gasteiger partial charge in [0.25, 0.3) is 5.69 Å². The average molecular weight is 279 g/mol. The molecule has 0 saturated carbocycles. The minimum atomic E-state index is -0.309. The van der Waals surface area contributed by atoms with Gasteiger partial charge in [0.15, 0.2) is 5.52 Å². The Balaban J connectivity index is 2.59. The van der Waals surface area contributed by atoms with Gasteiger partial charge in [0, 0.05) is 17.5 Å². The van der Waals surface area contributed by atoms with Gasteiger partial charge in [0.1, 0.15) is 0 Å². The Kier molecular flexibility index (Phi) is 4.11. The molecule has 0 spiro atoms. The van der Waals surface area contributed by atoms with Gasteiger partial charge >= 0.3 is 0 Å². The Morgan fingerprint density at radius 1 is 1.53 bits per heavy atom. The molecular formula is C13H17N3O2S. The molecule has 0 saturated heterocycles. The minimum Gasteiger partial charge on any atom is -0.316 e. The highest BCUT2D eigenvalue weighted by Crippen LogP contribution is 2.36. The van der Waals surface area contributed by atoms with Crippen LogP contribution in [0.2, 0.25) is 0 Å². The highest BCUT2D eigenvalue weighted by molar-refractivity contribution is 7.16. The molecule has 1 heterocycles. The van der Waals surface area contributed by atoms with E-state index in [4.69, 9.17) is 0 Å². The quantitative estimate of drug-likeness (QED) is 0.673. The number of aromatic nitrogens is 1. The van der Waals surface area contributed by atoms with Gasteiger partial charge in [0.2, 0.25) is 0 Å². The number of nitro benzene ring substituents is 1. The molecule has 1 N–H and O–H groups in total. The second-order valence-electron chi connectivity index (χ2n) is 4.55. The lowest BCUT2D eigenvalue weighted by atomic mass is 9.90. The molecule has 0 amide bonds. The van der Waals surface area contributed by atoms with E-state index in [1.54, 1.807) is 5.51 Å². The van der Waals surface area contributed by atoms with Crippen molar-refractivity contribution >= 4 is 27.2 Å². The third-order valence-corrected chi connectivity index (χ3v) is 4.39. The molecule has 19 heavy (non-hydrogen) atoms. The summed E-state index contributed by atoms with van der Waals surface area (Å²) in [4.78, 5) is 15.2. The number of hydrogen-bond acceptors (Lipinski definition) is 5. The van der Waals surface area contributed by atoms with Crippen molar-refractivity contribution in [2.24, 2.45) is 0 Å². The predicted octanol–water partition coefficient (Wildman–Crippen LogP) is 3.31. The molecular weight excluding hydrogens is 262 g/mol. The first kappa shape index (κ1) is 13.9. The number of likely N-dealkylation sites (N-methyl/N-ethyl adjacent to an activating group) is 1. The summed E-state index contributed by atoms with van der Waals surface area (Å²) in [5.41, 5.74) is 3.07. The van der Waals surface area contributed by atoms with Gasteiger partial charge < -0.3 is 5.32 Å². The highest BCUT2D eigenvalue weighted by atomic mass is 32.1. The van der Waals surface area contributed by atoms with Crippen LogP contribution in [0.15, 0.2) is 17.6 Å². The lowest BCUT2D eigenvalue weighted by Gasteiger charge is -2.22. The fourth-order valence-corrected chi connectivity index (χ4v) is 3.20. The monoisotopic (exact) mass is 279 g/mol. The molecule has 102 valence electrons. The Morgan fingerprint density at radius 2 is 2.26 bits per heavy atom. The van der Waals surface area contributed by atoms with Gasteiger partial charge in [-0.25, -0.2) is 4.98 Å². The first-order valence-electron chi connectivity index (χ1n) is 6.27. The van der Waals surface area contributed by atoms with E-state index in [-0.39, 0.29) is 22.6 Å². The van der Waals surface area contributed by atoms with Gasteiger partial charge in [-0.2, -0.15) is 0 Å². The summed E-state index contributed by atoms with van der Waals surface area (Å²) in [5.74, 6) is 0.0708. The van der Waals surface area contributed by atoms with Gasteiger partial charge in [-0.15, -0.1) is 11.3 Å². The van der Waals surface area contributed by atoms with E-state index in [0.29, 0.717) is 5.52 Å². The molecule has 0 bridgehead atoms. The number of nitrogens with one attached hydrogen (secondary N) is 1. The van der Waals surface area contributed by atoms with E-state index in [1.165, 1.54) is 11.3 Å². The van der Waals surface area contributed by atoms with Crippen LogP contribution >= 0.6 is 11.3 Å². The van der Waals surface area contributed by atoms with Crippen LogP contribution in [0.5, 0.6) is 0 Å². The molecule has 2 atom stereocenters. The summed E-state index contributed by atoms with van der Waals surface area (Å²) in [5, 5.41) is 14.6. The number of fused-ring (bicyclic) bond motifs is 1. The number of rotatable bonds is 5. The van der Waals surface area contributed by atoms with Crippen molar-refractivity contribution in [1.29, 1.82) is 0 Å². The summed E-state index contributed by atoms with van der Waals surface area (Å²) >= 11 is 1.43. The summed E-state index contributed by atoms with van der Waals surface area (Å²) in [7, 11) is 1.89. The second kappa shape index (κ2) is 5.63. The minimum absolute atomic E-state index is 0.0708. The zero-order valence-electron chi connectivity index (χ0n) is 11.2. The summed E-state index contributed by atoms with van der Waals surface area (Å²) in [6.07, 6.45) is 0.921. The van der Waals surface area contributed by atoms with Gasteiger partial charge in [-0.3, -0.25) is 10.1 Å². The average Bonchev–Trinajstić information content (AvgIpc) is 2.86. The number of thiazole rings is 1. The summed E-state index contributed by atoms with van der Waals surface area (Å²) in [6.45, 7) is 4.09. The van der Waals surface area contributed by atoms with Crippen molar-refractivity contribution in [2.75, 3.05) is 7.05 Å². The Hall–Kier alpha value is -1.53. The summed E-state index contributed by atoms with van der Waals surface area (Å²) in [6, 6.07) is 4.01. The van der Waals surface area contributed by atoms with Crippen molar-refractivity contribution in [3.8, 4) is 0 Å². The van der Waals surface area contributed by atoms with Gasteiger partial charge in [0.05, 0.1) is 15.1 Å². The smallest absolute Gasteiger partial charge is 0.299 e. The first-order valence-corrected chi connectivity index (χ1v) is 7.15. The largest absolute Gasteiger partial charge is 0.316 e. The van der Waals surface area contributed by atoms with Crippen LogP contribution in [0.3, 0.4) is 0 Å². The van der Waals surface area contributed by atoms with Crippen molar-refractivity contribution < 1.29 is 4.92 Å². The molecule has 2 rings (SSSR count). The molecule has 1 aromatic carbocycles. The van der Waals surface area contributed by atoms with Crippen molar-refractivity contribution in [1.82, 2.24) is 10.3 Å². The normalized spacial score (nSPS) is 14.5. The van der Waals surface area contributed by atoms with Crippen LogP contribution in [-0.4, -0.2) is 23.0 Å². The van der Waals surface area contributed by atoms with E-state index in [0.717, 1.165) is 16.7 Å². The zero-order valence-corrected chi connectivity index (χ0v) is 12.0. The van der Waals surface area contributed by atoms with Crippen LogP contribution in [0.4, 0.5) is 5.69 Å². The molecule has 2 unspecified atom stereocenters. The Labute approximate surface area is 115 Å². The molecule has 0 aliphatic rings. The molecule has 5 nitrogen and oxygen atoms in total. The molecule has 0 radical (unpaired) electrons. The van der Waals surface area contributed by atoms with Crippen LogP contribution in [0.1, 0.15) is 31.7 Å².